The summed E-state index contributed by atoms with van der Waals surface area (Å²) in [7, 11) is 0. The van der Waals surface area contributed by atoms with E-state index in [2.05, 4.69) is 11.1 Å². The van der Waals surface area contributed by atoms with Crippen molar-refractivity contribution in [1.82, 2.24) is 4.98 Å². The van der Waals surface area contributed by atoms with Gasteiger partial charge in [-0.3, -0.25) is 0 Å². The molecule has 0 radical (unpaired) electrons. The molecule has 19 heavy (non-hydrogen) atoms. The molecule has 3 aromatic rings. The molecule has 2 nitrogen and oxygen atoms in total. The summed E-state index contributed by atoms with van der Waals surface area (Å²) in [6.07, 6.45) is 0. The summed E-state index contributed by atoms with van der Waals surface area (Å²) in [5.74, 6) is 0. The fourth-order valence-electron chi connectivity index (χ4n) is 2.13. The molecule has 3 rings (SSSR count). The van der Waals surface area contributed by atoms with Gasteiger partial charge in [-0.2, -0.15) is 5.26 Å². The number of H-pyrrole nitrogens is 1. The van der Waals surface area contributed by atoms with E-state index in [1.165, 1.54) is 0 Å². The first kappa shape index (κ1) is 12.1. The first-order valence-electron chi connectivity index (χ1n) is 5.67. The lowest BCUT2D eigenvalue weighted by Crippen LogP contribution is -1.82. The number of aromatic amines is 1. The van der Waals surface area contributed by atoms with Crippen LogP contribution in [0.5, 0.6) is 0 Å². The Morgan fingerprint density at radius 1 is 1.00 bits per heavy atom. The average Bonchev–Trinajstić information content (AvgIpc) is 2.80. The molecule has 0 saturated carbocycles. The van der Waals surface area contributed by atoms with Gasteiger partial charge in [0.25, 0.3) is 0 Å². The highest BCUT2D eigenvalue weighted by atomic mass is 35.5. The molecule has 0 aliphatic heterocycles. The number of nitriles is 1. The van der Waals surface area contributed by atoms with Crippen molar-refractivity contribution in [3.63, 3.8) is 0 Å². The Balaban J connectivity index is 2.30. The number of aromatic nitrogens is 1. The lowest BCUT2D eigenvalue weighted by atomic mass is 10.1. The van der Waals surface area contributed by atoms with E-state index < -0.39 is 0 Å². The van der Waals surface area contributed by atoms with Crippen LogP contribution in [0.1, 0.15) is 5.56 Å². The number of rotatable bonds is 1. The van der Waals surface area contributed by atoms with Crippen LogP contribution in [-0.4, -0.2) is 4.98 Å². The number of halogens is 2. The van der Waals surface area contributed by atoms with Crippen LogP contribution in [0.3, 0.4) is 0 Å². The number of hydrogen-bond donors (Lipinski definition) is 1. The first-order valence-corrected chi connectivity index (χ1v) is 6.42. The molecule has 0 atom stereocenters. The normalized spacial score (nSPS) is 10.6. The second kappa shape index (κ2) is 4.62. The summed E-state index contributed by atoms with van der Waals surface area (Å²) in [6.45, 7) is 0. The minimum Gasteiger partial charge on any atom is -0.353 e. The summed E-state index contributed by atoms with van der Waals surface area (Å²) in [6, 6.07) is 15.3. The Hall–Kier alpha value is -1.95. The van der Waals surface area contributed by atoms with Gasteiger partial charge in [0.1, 0.15) is 6.07 Å². The van der Waals surface area contributed by atoms with E-state index in [1.54, 1.807) is 12.1 Å². The average molecular weight is 287 g/mol. The predicted octanol–water partition coefficient (Wildman–Crippen LogP) is 5.01. The molecule has 1 N–H and O–H groups in total. The number of hydrogen-bond acceptors (Lipinski definition) is 1. The molecule has 0 saturated heterocycles. The summed E-state index contributed by atoms with van der Waals surface area (Å²) in [4.78, 5) is 3.25. The maximum absolute atomic E-state index is 9.36. The summed E-state index contributed by atoms with van der Waals surface area (Å²) in [5.41, 5.74) is 3.17. The molecular formula is C15H8Cl2N2. The van der Waals surface area contributed by atoms with E-state index in [4.69, 9.17) is 23.2 Å². The van der Waals surface area contributed by atoms with Crippen molar-refractivity contribution in [2.75, 3.05) is 0 Å². The van der Waals surface area contributed by atoms with Gasteiger partial charge in [-0.05, 0) is 18.2 Å². The van der Waals surface area contributed by atoms with Gasteiger partial charge < -0.3 is 4.98 Å². The van der Waals surface area contributed by atoms with E-state index in [9.17, 15) is 5.26 Å². The minimum atomic E-state index is 0.474. The molecule has 0 spiro atoms. The zero-order chi connectivity index (χ0) is 13.4. The summed E-state index contributed by atoms with van der Waals surface area (Å²) < 4.78 is 0. The molecule has 2 aromatic carbocycles. The topological polar surface area (TPSA) is 39.6 Å². The van der Waals surface area contributed by atoms with Crippen molar-refractivity contribution in [3.05, 3.63) is 58.1 Å². The minimum absolute atomic E-state index is 0.474. The molecule has 0 unspecified atom stereocenters. The summed E-state index contributed by atoms with van der Waals surface area (Å²) in [5, 5.41) is 11.2. The highest BCUT2D eigenvalue weighted by Crippen LogP contribution is 2.33. The Morgan fingerprint density at radius 3 is 2.53 bits per heavy atom. The van der Waals surface area contributed by atoms with Crippen LogP contribution in [0, 0.1) is 11.3 Å². The second-order valence-electron chi connectivity index (χ2n) is 4.16. The lowest BCUT2D eigenvalue weighted by molar-refractivity contribution is 1.43. The van der Waals surface area contributed by atoms with E-state index >= 15 is 0 Å². The van der Waals surface area contributed by atoms with Gasteiger partial charge in [0, 0.05) is 16.5 Å². The van der Waals surface area contributed by atoms with Crippen molar-refractivity contribution < 1.29 is 0 Å². The van der Waals surface area contributed by atoms with Crippen molar-refractivity contribution in [1.29, 1.82) is 5.26 Å². The van der Waals surface area contributed by atoms with Gasteiger partial charge in [-0.1, -0.05) is 47.5 Å². The van der Waals surface area contributed by atoms with Crippen molar-refractivity contribution >= 4 is 34.1 Å². The van der Waals surface area contributed by atoms with Gasteiger partial charge in [-0.15, -0.1) is 0 Å². The summed E-state index contributed by atoms with van der Waals surface area (Å²) >= 11 is 11.9. The van der Waals surface area contributed by atoms with Crippen molar-refractivity contribution in [3.8, 4) is 17.3 Å². The number of fused-ring (bicyclic) bond motifs is 1. The van der Waals surface area contributed by atoms with Crippen LogP contribution >= 0.6 is 23.2 Å². The van der Waals surface area contributed by atoms with Crippen LogP contribution in [-0.2, 0) is 0 Å². The van der Waals surface area contributed by atoms with Crippen molar-refractivity contribution in [2.45, 2.75) is 0 Å². The number of nitrogens with zero attached hydrogens (tertiary/aromatic N) is 1. The second-order valence-corrected chi connectivity index (χ2v) is 4.98. The fourth-order valence-corrected chi connectivity index (χ4v) is 2.42. The fraction of sp³-hybridized carbons (Fsp3) is 0. The third kappa shape index (κ3) is 1.98. The molecule has 0 aliphatic rings. The van der Waals surface area contributed by atoms with Gasteiger partial charge in [0.15, 0.2) is 0 Å². The number of nitrogens with one attached hydrogen (secondary N) is 1. The Morgan fingerprint density at radius 2 is 1.79 bits per heavy atom. The number of benzene rings is 2. The van der Waals surface area contributed by atoms with Crippen LogP contribution in [0.4, 0.5) is 0 Å². The Kier molecular flexibility index (Phi) is 2.94. The van der Waals surface area contributed by atoms with Crippen LogP contribution in [0.15, 0.2) is 42.5 Å². The standard InChI is InChI=1S/C15H8Cl2N2/c16-12-6-5-9(7-13(12)17)15-11(8-18)10-3-1-2-4-14(10)19-15/h1-7,19H. The third-order valence-electron chi connectivity index (χ3n) is 3.03. The monoisotopic (exact) mass is 286 g/mol. The highest BCUT2D eigenvalue weighted by Gasteiger charge is 2.13. The predicted molar refractivity (Wildman–Crippen MR) is 78.5 cm³/mol. The van der Waals surface area contributed by atoms with E-state index in [1.807, 2.05) is 30.3 Å². The molecule has 0 aliphatic carbocycles. The van der Waals surface area contributed by atoms with Gasteiger partial charge in [0.2, 0.25) is 0 Å². The van der Waals surface area contributed by atoms with Crippen LogP contribution in [0.25, 0.3) is 22.2 Å². The van der Waals surface area contributed by atoms with Crippen LogP contribution < -0.4 is 0 Å². The SMILES string of the molecule is N#Cc1c(-c2ccc(Cl)c(Cl)c2)[nH]c2ccccc12. The number of para-hydroxylation sites is 1. The molecule has 1 heterocycles. The lowest BCUT2D eigenvalue weighted by Gasteiger charge is -2.01. The smallest absolute Gasteiger partial charge is 0.102 e. The van der Waals surface area contributed by atoms with E-state index in [0.29, 0.717) is 15.6 Å². The molecule has 1 aromatic heterocycles. The first-order chi connectivity index (χ1) is 9.20. The largest absolute Gasteiger partial charge is 0.353 e. The third-order valence-corrected chi connectivity index (χ3v) is 3.77. The van der Waals surface area contributed by atoms with Crippen LogP contribution in [0.2, 0.25) is 10.0 Å². The van der Waals surface area contributed by atoms with Gasteiger partial charge in [0.05, 0.1) is 21.3 Å². The quantitative estimate of drug-likeness (QED) is 0.671. The highest BCUT2D eigenvalue weighted by molar-refractivity contribution is 6.42. The Labute approximate surface area is 120 Å². The van der Waals surface area contributed by atoms with E-state index in [-0.39, 0.29) is 0 Å². The van der Waals surface area contributed by atoms with Crippen molar-refractivity contribution in [2.24, 2.45) is 0 Å². The maximum atomic E-state index is 9.36. The van der Waals surface area contributed by atoms with Gasteiger partial charge in [-0.25, -0.2) is 0 Å². The zero-order valence-electron chi connectivity index (χ0n) is 9.74. The van der Waals surface area contributed by atoms with E-state index in [0.717, 1.165) is 22.2 Å². The Bertz CT molecular complexity index is 813. The molecular weight excluding hydrogens is 279 g/mol. The molecule has 4 heteroatoms. The maximum Gasteiger partial charge on any atom is 0.102 e. The molecule has 0 amide bonds. The van der Waals surface area contributed by atoms with Gasteiger partial charge >= 0.3 is 0 Å². The zero-order valence-corrected chi connectivity index (χ0v) is 11.3. The molecule has 0 bridgehead atoms. The molecule has 0 fully saturated rings. The molecule has 92 valence electrons.